The van der Waals surface area contributed by atoms with E-state index in [1.54, 1.807) is 0 Å². The van der Waals surface area contributed by atoms with Crippen LogP contribution in [0.2, 0.25) is 0 Å². The Bertz CT molecular complexity index is 3060. The summed E-state index contributed by atoms with van der Waals surface area (Å²) >= 11 is 0. The van der Waals surface area contributed by atoms with Crippen LogP contribution in [-0.2, 0) is 0 Å². The van der Waals surface area contributed by atoms with Gasteiger partial charge < -0.3 is 9.30 Å². The number of allylic oxidation sites excluding steroid dienone is 4. The summed E-state index contributed by atoms with van der Waals surface area (Å²) in [6.07, 6.45) is 4.23. The third-order valence-corrected chi connectivity index (χ3v) is 12.5. The highest BCUT2D eigenvalue weighted by molar-refractivity contribution is 6.94. The first-order chi connectivity index (χ1) is 28.0. The first kappa shape index (κ1) is 35.8. The Morgan fingerprint density at radius 3 is 1.84 bits per heavy atom. The van der Waals surface area contributed by atoms with Crippen molar-refractivity contribution in [3.05, 3.63) is 196 Å². The van der Waals surface area contributed by atoms with Crippen LogP contribution in [0.4, 0.5) is 0 Å². The van der Waals surface area contributed by atoms with E-state index in [9.17, 15) is 0 Å². The lowest BCUT2D eigenvalue weighted by molar-refractivity contribution is 0.441. The largest absolute Gasteiger partial charge is 0.459 e. The Labute approximate surface area is 342 Å². The molecule has 0 unspecified atom stereocenters. The van der Waals surface area contributed by atoms with Crippen LogP contribution in [0.15, 0.2) is 157 Å². The second-order valence-corrected chi connectivity index (χ2v) is 16.7. The molecule has 0 radical (unpaired) electrons. The van der Waals surface area contributed by atoms with Crippen LogP contribution in [0, 0.1) is 41.5 Å². The van der Waals surface area contributed by atoms with Crippen molar-refractivity contribution in [1.82, 2.24) is 4.57 Å². The maximum atomic E-state index is 7.06. The number of ether oxygens (including phenoxy) is 1. The van der Waals surface area contributed by atoms with Gasteiger partial charge in [0, 0.05) is 22.0 Å². The van der Waals surface area contributed by atoms with Crippen molar-refractivity contribution in [1.29, 1.82) is 0 Å². The normalized spacial score (nSPS) is 13.1. The molecule has 3 heterocycles. The minimum atomic E-state index is -0.0143. The van der Waals surface area contributed by atoms with E-state index >= 15 is 0 Å². The van der Waals surface area contributed by atoms with Crippen LogP contribution >= 0.6 is 0 Å². The van der Waals surface area contributed by atoms with E-state index in [-0.39, 0.29) is 6.71 Å². The van der Waals surface area contributed by atoms with E-state index in [1.807, 2.05) is 6.07 Å². The molecule has 7 aromatic carbocycles. The molecule has 2 aliphatic heterocycles. The molecule has 280 valence electrons. The first-order valence-corrected chi connectivity index (χ1v) is 20.4. The zero-order chi connectivity index (χ0) is 40.0. The lowest BCUT2D eigenvalue weighted by atomic mass is 9.34. The zero-order valence-corrected chi connectivity index (χ0v) is 34.4. The van der Waals surface area contributed by atoms with E-state index < -0.39 is 0 Å². The predicted octanol–water partition coefficient (Wildman–Crippen LogP) is 13.0. The van der Waals surface area contributed by atoms with Gasteiger partial charge in [-0.05, 0) is 163 Å². The molecule has 0 saturated carbocycles. The van der Waals surface area contributed by atoms with Crippen molar-refractivity contribution < 1.29 is 4.74 Å². The SMILES string of the molecule is C=C(/C=C\C1=C(C)B2c3c(cc(-c4ccccc4)cc3-n3c4ccc(-c5c(C)cc(C)cc5C)cc4c4cc(-c5c(C)cc(C)cc5C)cc2c43)O1)c1ccccc1. The molecule has 0 atom stereocenters. The summed E-state index contributed by atoms with van der Waals surface area (Å²) in [6, 6.07) is 47.0. The Balaban J connectivity index is 1.30. The van der Waals surface area contributed by atoms with Crippen LogP contribution in [0.1, 0.15) is 45.9 Å². The molecule has 3 heteroatoms. The molecule has 0 bridgehead atoms. The number of hydrogen-bond acceptors (Lipinski definition) is 1. The molecular formula is C55H46BNO. The van der Waals surface area contributed by atoms with Gasteiger partial charge in [-0.25, -0.2) is 0 Å². The van der Waals surface area contributed by atoms with Gasteiger partial charge in [0.2, 0.25) is 0 Å². The molecular weight excluding hydrogens is 701 g/mol. The topological polar surface area (TPSA) is 14.2 Å². The third-order valence-electron chi connectivity index (χ3n) is 12.5. The first-order valence-electron chi connectivity index (χ1n) is 20.4. The molecule has 10 rings (SSSR count). The fraction of sp³-hybridized carbons (Fsp3) is 0.127. The van der Waals surface area contributed by atoms with Crippen molar-refractivity contribution in [2.45, 2.75) is 48.5 Å². The van der Waals surface area contributed by atoms with Crippen LogP contribution in [0.5, 0.6) is 5.75 Å². The highest BCUT2D eigenvalue weighted by atomic mass is 16.5. The minimum Gasteiger partial charge on any atom is -0.459 e. The van der Waals surface area contributed by atoms with Gasteiger partial charge in [-0.15, -0.1) is 0 Å². The number of fused-ring (bicyclic) bond motifs is 5. The molecule has 0 saturated heterocycles. The van der Waals surface area contributed by atoms with Crippen molar-refractivity contribution in [3.8, 4) is 44.8 Å². The Morgan fingerprint density at radius 2 is 1.19 bits per heavy atom. The number of rotatable bonds is 6. The number of hydrogen-bond donors (Lipinski definition) is 0. The number of benzene rings is 7. The van der Waals surface area contributed by atoms with E-state index in [1.165, 1.54) is 99.5 Å². The number of aryl methyl sites for hydroxylation is 6. The summed E-state index contributed by atoms with van der Waals surface area (Å²) in [6.45, 7) is 20.1. The number of aromatic nitrogens is 1. The van der Waals surface area contributed by atoms with E-state index in [0.717, 1.165) is 33.8 Å². The molecule has 8 aromatic rings. The van der Waals surface area contributed by atoms with Gasteiger partial charge in [0.1, 0.15) is 11.5 Å². The molecule has 58 heavy (non-hydrogen) atoms. The van der Waals surface area contributed by atoms with Crippen LogP contribution in [0.3, 0.4) is 0 Å². The Kier molecular flexibility index (Phi) is 8.35. The summed E-state index contributed by atoms with van der Waals surface area (Å²) in [5, 5.41) is 2.54. The second-order valence-electron chi connectivity index (χ2n) is 16.7. The van der Waals surface area contributed by atoms with Gasteiger partial charge in [0.15, 0.2) is 0 Å². The van der Waals surface area contributed by atoms with Crippen molar-refractivity contribution in [2.75, 3.05) is 0 Å². The quantitative estimate of drug-likeness (QED) is 0.122. The lowest BCUT2D eigenvalue weighted by Gasteiger charge is -2.34. The molecule has 0 fully saturated rings. The fourth-order valence-corrected chi connectivity index (χ4v) is 10.2. The minimum absolute atomic E-state index is 0.0143. The summed E-state index contributed by atoms with van der Waals surface area (Å²) in [5.74, 6) is 1.76. The fourth-order valence-electron chi connectivity index (χ4n) is 10.2. The maximum Gasteiger partial charge on any atom is 0.251 e. The summed E-state index contributed by atoms with van der Waals surface area (Å²) in [4.78, 5) is 0. The summed E-state index contributed by atoms with van der Waals surface area (Å²) in [5.41, 5.74) is 24.6. The smallest absolute Gasteiger partial charge is 0.251 e. The molecule has 0 amide bonds. The second kappa shape index (κ2) is 13.5. The summed E-state index contributed by atoms with van der Waals surface area (Å²) < 4.78 is 9.59. The van der Waals surface area contributed by atoms with Crippen molar-refractivity contribution in [2.24, 2.45) is 0 Å². The maximum absolute atomic E-state index is 7.06. The predicted molar refractivity (Wildman–Crippen MR) is 248 cm³/mol. The van der Waals surface area contributed by atoms with Crippen molar-refractivity contribution in [3.63, 3.8) is 0 Å². The van der Waals surface area contributed by atoms with Gasteiger partial charge in [-0.2, -0.15) is 0 Å². The average Bonchev–Trinajstić information content (AvgIpc) is 3.53. The molecule has 1 aromatic heterocycles. The van der Waals surface area contributed by atoms with Crippen LogP contribution < -0.4 is 15.7 Å². The molecule has 0 spiro atoms. The van der Waals surface area contributed by atoms with Gasteiger partial charge in [0.05, 0.1) is 5.52 Å². The van der Waals surface area contributed by atoms with Gasteiger partial charge in [0.25, 0.3) is 6.71 Å². The highest BCUT2D eigenvalue weighted by Gasteiger charge is 2.40. The highest BCUT2D eigenvalue weighted by Crippen LogP contribution is 2.44. The lowest BCUT2D eigenvalue weighted by Crippen LogP contribution is -2.52. The molecule has 2 aliphatic rings. The molecule has 2 nitrogen and oxygen atoms in total. The number of nitrogens with zero attached hydrogens (tertiary/aromatic N) is 1. The average molecular weight is 748 g/mol. The van der Waals surface area contributed by atoms with E-state index in [2.05, 4.69) is 193 Å². The Morgan fingerprint density at radius 1 is 0.586 bits per heavy atom. The van der Waals surface area contributed by atoms with Gasteiger partial charge in [-0.3, -0.25) is 0 Å². The van der Waals surface area contributed by atoms with Crippen LogP contribution in [-0.4, -0.2) is 11.3 Å². The monoisotopic (exact) mass is 747 g/mol. The summed E-state index contributed by atoms with van der Waals surface area (Å²) in [7, 11) is 0. The van der Waals surface area contributed by atoms with Gasteiger partial charge >= 0.3 is 0 Å². The van der Waals surface area contributed by atoms with Crippen LogP contribution in [0.25, 0.3) is 66.4 Å². The Hall–Kier alpha value is -6.58. The van der Waals surface area contributed by atoms with Crippen molar-refractivity contribution >= 4 is 45.0 Å². The van der Waals surface area contributed by atoms with E-state index in [0.29, 0.717) is 0 Å². The third kappa shape index (κ3) is 5.63. The zero-order valence-electron chi connectivity index (χ0n) is 34.4. The van der Waals surface area contributed by atoms with E-state index in [4.69, 9.17) is 4.74 Å². The van der Waals surface area contributed by atoms with Gasteiger partial charge in [-0.1, -0.05) is 126 Å². The standard InChI is InChI=1S/C55H46BNO/c1-32-23-35(4)52(36(5)24-32)42-20-21-48-45(27-42)46-28-44(53-37(6)25-33(2)26-38(53)7)29-47-55(46)57(48)49-30-43(41-17-13-10-14-18-41)31-51-54(49)56(47)39(8)50(58-51)22-19-34(3)40-15-11-9-12-16-40/h9-31H,3H2,1-2,4-8H3/b22-19-. The molecule has 0 N–H and O–H groups in total. The molecule has 0 aliphatic carbocycles.